The molecule has 3 aromatic heterocycles. The van der Waals surface area contributed by atoms with E-state index in [4.69, 9.17) is 0 Å². The number of rotatable bonds is 5. The molecule has 0 spiro atoms. The monoisotopic (exact) mass is 400 g/mol. The molecule has 3 N–H and O–H groups in total. The summed E-state index contributed by atoms with van der Waals surface area (Å²) in [6.45, 7) is -0.708. The number of amides is 1. The molecule has 7 nitrogen and oxygen atoms in total. The lowest BCUT2D eigenvalue weighted by Crippen LogP contribution is -2.30. The van der Waals surface area contributed by atoms with Crippen LogP contribution in [0, 0.1) is 0 Å². The van der Waals surface area contributed by atoms with E-state index in [0.717, 1.165) is 22.2 Å². The largest absolute Gasteiger partial charge is 0.340 e. The zero-order valence-electron chi connectivity index (χ0n) is 15.8. The van der Waals surface area contributed by atoms with Crippen LogP contribution in [0.1, 0.15) is 22.2 Å². The molecule has 1 amide bonds. The Kier molecular flexibility index (Phi) is 4.44. The summed E-state index contributed by atoms with van der Waals surface area (Å²) >= 11 is 0. The quantitative estimate of drug-likeness (QED) is 0.416. The maximum atomic E-state index is 13.5. The van der Waals surface area contributed by atoms with Crippen molar-refractivity contribution in [1.29, 1.82) is 0 Å². The fourth-order valence-corrected chi connectivity index (χ4v) is 3.48. The van der Waals surface area contributed by atoms with Crippen LogP contribution in [0.4, 0.5) is 4.39 Å². The molecule has 5 aromatic rings. The van der Waals surface area contributed by atoms with E-state index >= 15 is 0 Å². The number of fused-ring (bicyclic) bond motifs is 2. The van der Waals surface area contributed by atoms with E-state index < -0.39 is 18.6 Å². The van der Waals surface area contributed by atoms with Gasteiger partial charge in [0.25, 0.3) is 5.91 Å². The molecule has 30 heavy (non-hydrogen) atoms. The van der Waals surface area contributed by atoms with E-state index in [2.05, 4.69) is 30.5 Å². The number of nitrogens with one attached hydrogen (secondary N) is 3. The van der Waals surface area contributed by atoms with Gasteiger partial charge in [-0.2, -0.15) is 5.10 Å². The van der Waals surface area contributed by atoms with Gasteiger partial charge >= 0.3 is 0 Å². The van der Waals surface area contributed by atoms with Crippen molar-refractivity contribution in [3.05, 3.63) is 78.4 Å². The first-order chi connectivity index (χ1) is 14.7. The Morgan fingerprint density at radius 3 is 2.63 bits per heavy atom. The minimum absolute atomic E-state index is 0.130. The first kappa shape index (κ1) is 18.0. The Morgan fingerprint density at radius 1 is 1.07 bits per heavy atom. The van der Waals surface area contributed by atoms with E-state index in [1.54, 1.807) is 24.5 Å². The molecule has 0 aliphatic rings. The summed E-state index contributed by atoms with van der Waals surface area (Å²) in [5.74, 6) is -0.334. The molecule has 0 saturated heterocycles. The van der Waals surface area contributed by atoms with E-state index in [1.165, 1.54) is 0 Å². The van der Waals surface area contributed by atoms with Crippen LogP contribution < -0.4 is 5.32 Å². The summed E-state index contributed by atoms with van der Waals surface area (Å²) in [5, 5.41) is 11.0. The van der Waals surface area contributed by atoms with Crippen LogP contribution in [0.5, 0.6) is 0 Å². The second-order valence-electron chi connectivity index (χ2n) is 6.90. The van der Waals surface area contributed by atoms with Gasteiger partial charge in [-0.15, -0.1) is 0 Å². The average molecular weight is 400 g/mol. The topological polar surface area (TPSA) is 99.3 Å². The first-order valence-electron chi connectivity index (χ1n) is 9.43. The van der Waals surface area contributed by atoms with Crippen molar-refractivity contribution in [2.75, 3.05) is 6.67 Å². The Balaban J connectivity index is 1.48. The molecule has 1 atom stereocenters. The summed E-state index contributed by atoms with van der Waals surface area (Å²) < 4.78 is 13.5. The Bertz CT molecular complexity index is 1330. The molecule has 0 aliphatic heterocycles. The number of carbonyl (C=O) groups is 1. The number of hydrogen-bond donors (Lipinski definition) is 3. The van der Waals surface area contributed by atoms with Crippen molar-refractivity contribution in [2.24, 2.45) is 0 Å². The van der Waals surface area contributed by atoms with Crippen molar-refractivity contribution in [3.63, 3.8) is 0 Å². The third-order valence-corrected chi connectivity index (χ3v) is 4.99. The van der Waals surface area contributed by atoms with Crippen LogP contribution in [0.3, 0.4) is 0 Å². The number of aromatic amines is 2. The van der Waals surface area contributed by atoms with Crippen LogP contribution in [0.25, 0.3) is 33.2 Å². The van der Waals surface area contributed by atoms with E-state index in [9.17, 15) is 9.18 Å². The molecule has 0 aliphatic carbocycles. The number of pyridine rings is 1. The lowest BCUT2D eigenvalue weighted by molar-refractivity contribution is 0.0920. The Hall–Kier alpha value is -4.07. The number of imidazole rings is 1. The van der Waals surface area contributed by atoms with Crippen LogP contribution in [-0.4, -0.2) is 37.7 Å². The lowest BCUT2D eigenvalue weighted by Gasteiger charge is -2.14. The SMILES string of the molecule is O=C(NC(CF)c1ccccc1)c1nc2cc3c(-c4ccncc4)n[nH]c3cc2[nH]1. The summed E-state index contributed by atoms with van der Waals surface area (Å²) in [6, 6.07) is 15.8. The highest BCUT2D eigenvalue weighted by atomic mass is 19.1. The normalized spacial score (nSPS) is 12.3. The highest BCUT2D eigenvalue weighted by molar-refractivity contribution is 6.02. The summed E-state index contributed by atoms with van der Waals surface area (Å²) in [7, 11) is 0. The predicted octanol–water partition coefficient (Wildman–Crippen LogP) is 3.94. The molecule has 8 heteroatoms. The van der Waals surface area contributed by atoms with Gasteiger partial charge in [-0.25, -0.2) is 9.37 Å². The van der Waals surface area contributed by atoms with Crippen LogP contribution in [0.15, 0.2) is 67.0 Å². The number of hydrogen-bond acceptors (Lipinski definition) is 4. The number of aromatic nitrogens is 5. The molecule has 1 unspecified atom stereocenters. The zero-order valence-corrected chi connectivity index (χ0v) is 15.8. The second kappa shape index (κ2) is 7.40. The number of halogens is 1. The van der Waals surface area contributed by atoms with E-state index in [-0.39, 0.29) is 5.82 Å². The number of benzene rings is 2. The molecule has 0 bridgehead atoms. The lowest BCUT2D eigenvalue weighted by atomic mass is 10.1. The van der Waals surface area contributed by atoms with Gasteiger partial charge in [0.1, 0.15) is 12.4 Å². The van der Waals surface area contributed by atoms with E-state index in [1.807, 2.05) is 42.5 Å². The molecule has 0 radical (unpaired) electrons. The number of alkyl halides is 1. The van der Waals surface area contributed by atoms with Crippen LogP contribution in [0.2, 0.25) is 0 Å². The van der Waals surface area contributed by atoms with Crippen molar-refractivity contribution in [1.82, 2.24) is 30.5 Å². The standard InChI is InChI=1S/C22H17FN6O/c23-12-19(13-4-2-1-3-5-13)27-22(30)21-25-17-10-15-16(11-18(17)26-21)28-29-20(15)14-6-8-24-9-7-14/h1-11,19H,12H2,(H,25,26)(H,27,30)(H,28,29). The van der Waals surface area contributed by atoms with Crippen molar-refractivity contribution >= 4 is 27.8 Å². The summed E-state index contributed by atoms with van der Waals surface area (Å²) in [6.07, 6.45) is 3.42. The van der Waals surface area contributed by atoms with Gasteiger partial charge in [0, 0.05) is 23.3 Å². The third-order valence-electron chi connectivity index (χ3n) is 4.99. The fraction of sp³-hybridized carbons (Fsp3) is 0.0909. The van der Waals surface area contributed by atoms with Gasteiger partial charge in [0.15, 0.2) is 5.82 Å². The molecular weight excluding hydrogens is 383 g/mol. The average Bonchev–Trinajstić information content (AvgIpc) is 3.40. The van der Waals surface area contributed by atoms with Gasteiger partial charge in [0.05, 0.1) is 22.6 Å². The molecule has 2 aromatic carbocycles. The fourth-order valence-electron chi connectivity index (χ4n) is 3.48. The van der Waals surface area contributed by atoms with Crippen molar-refractivity contribution in [2.45, 2.75) is 6.04 Å². The zero-order chi connectivity index (χ0) is 20.5. The predicted molar refractivity (Wildman–Crippen MR) is 112 cm³/mol. The minimum atomic E-state index is -0.732. The molecular formula is C22H17FN6O. The van der Waals surface area contributed by atoms with Gasteiger partial charge in [-0.1, -0.05) is 30.3 Å². The molecule has 5 rings (SSSR count). The van der Waals surface area contributed by atoms with Gasteiger partial charge < -0.3 is 10.3 Å². The van der Waals surface area contributed by atoms with Crippen LogP contribution in [-0.2, 0) is 0 Å². The molecule has 148 valence electrons. The maximum absolute atomic E-state index is 13.5. The summed E-state index contributed by atoms with van der Waals surface area (Å²) in [4.78, 5) is 24.1. The Morgan fingerprint density at radius 2 is 1.87 bits per heavy atom. The van der Waals surface area contributed by atoms with Crippen LogP contribution >= 0.6 is 0 Å². The molecule has 3 heterocycles. The third kappa shape index (κ3) is 3.18. The van der Waals surface area contributed by atoms with Gasteiger partial charge in [-0.05, 0) is 29.8 Å². The highest BCUT2D eigenvalue weighted by Gasteiger charge is 2.19. The highest BCUT2D eigenvalue weighted by Crippen LogP contribution is 2.29. The number of carbonyl (C=O) groups excluding carboxylic acids is 1. The second-order valence-corrected chi connectivity index (χ2v) is 6.90. The first-order valence-corrected chi connectivity index (χ1v) is 9.43. The van der Waals surface area contributed by atoms with Crippen molar-refractivity contribution < 1.29 is 9.18 Å². The number of H-pyrrole nitrogens is 2. The molecule has 0 fully saturated rings. The van der Waals surface area contributed by atoms with Crippen molar-refractivity contribution in [3.8, 4) is 11.3 Å². The smallest absolute Gasteiger partial charge is 0.287 e. The Labute approximate surface area is 170 Å². The van der Waals surface area contributed by atoms with Gasteiger partial charge in [-0.3, -0.25) is 14.9 Å². The summed E-state index contributed by atoms with van der Waals surface area (Å²) in [5.41, 5.74) is 4.54. The number of nitrogens with zero attached hydrogens (tertiary/aromatic N) is 3. The maximum Gasteiger partial charge on any atom is 0.287 e. The molecule has 0 saturated carbocycles. The van der Waals surface area contributed by atoms with Gasteiger partial charge in [0.2, 0.25) is 0 Å². The van der Waals surface area contributed by atoms with E-state index in [0.29, 0.717) is 16.6 Å². The minimum Gasteiger partial charge on any atom is -0.340 e.